The Morgan fingerprint density at radius 3 is 1.80 bits per heavy atom. The van der Waals surface area contributed by atoms with Crippen molar-refractivity contribution in [3.63, 3.8) is 0 Å². The highest BCUT2D eigenvalue weighted by Gasteiger charge is 2.42. The smallest absolute Gasteiger partial charge is 0.282 e. The predicted molar refractivity (Wildman–Crippen MR) is 207 cm³/mol. The molecule has 0 atom stereocenters. The maximum absolute atomic E-state index is 13.1. The van der Waals surface area contributed by atoms with Gasteiger partial charge in [0.1, 0.15) is 14.5 Å². The third-order valence-corrected chi connectivity index (χ3v) is 10.9. The van der Waals surface area contributed by atoms with Gasteiger partial charge in [0.15, 0.2) is 5.82 Å². The fourth-order valence-corrected chi connectivity index (χ4v) is 7.13. The van der Waals surface area contributed by atoms with Gasteiger partial charge in [-0.25, -0.2) is 9.36 Å². The van der Waals surface area contributed by atoms with Gasteiger partial charge in [0.2, 0.25) is 5.88 Å². The molecule has 0 aliphatic rings. The zero-order valence-electron chi connectivity index (χ0n) is 27.9. The van der Waals surface area contributed by atoms with Crippen molar-refractivity contribution in [3.8, 4) is 28.4 Å². The molecule has 8 nitrogen and oxygen atoms in total. The number of nitrogens with zero attached hydrogens (tertiary/aromatic N) is 6. The van der Waals surface area contributed by atoms with Gasteiger partial charge in [-0.05, 0) is 82.1 Å². The Morgan fingerprint density at radius 2 is 1.24 bits per heavy atom. The van der Waals surface area contributed by atoms with E-state index in [4.69, 9.17) is 9.95 Å². The molecule has 0 aliphatic carbocycles. The van der Waals surface area contributed by atoms with E-state index in [0.717, 1.165) is 51.8 Å². The molecular formula is C41H34Br2N6O2. The van der Waals surface area contributed by atoms with Gasteiger partial charge in [0.25, 0.3) is 5.56 Å². The lowest BCUT2D eigenvalue weighted by molar-refractivity contribution is 0.285. The molecule has 254 valence electrons. The highest BCUT2D eigenvalue weighted by molar-refractivity contribution is 9.13. The first-order valence-corrected chi connectivity index (χ1v) is 18.3. The third kappa shape index (κ3) is 6.69. The van der Waals surface area contributed by atoms with Crippen LogP contribution in [0, 0.1) is 0 Å². The summed E-state index contributed by atoms with van der Waals surface area (Å²) in [7, 11) is 0. The number of hydrogen-bond donors (Lipinski definition) is 0. The van der Waals surface area contributed by atoms with Gasteiger partial charge in [-0.2, -0.15) is 0 Å². The Morgan fingerprint density at radius 1 is 0.686 bits per heavy atom. The normalized spacial score (nSPS) is 11.4. The number of hydrogen-bond acceptors (Lipinski definition) is 6. The van der Waals surface area contributed by atoms with Crippen LogP contribution in [0.15, 0.2) is 153 Å². The molecule has 0 radical (unpaired) electrons. The van der Waals surface area contributed by atoms with Crippen molar-refractivity contribution in [1.82, 2.24) is 30.0 Å². The average molecular weight is 803 g/mol. The largest absolute Gasteiger partial charge is 0.476 e. The minimum Gasteiger partial charge on any atom is -0.476 e. The van der Waals surface area contributed by atoms with Crippen LogP contribution in [0.1, 0.15) is 42.0 Å². The average Bonchev–Trinajstić information content (AvgIpc) is 3.68. The molecule has 10 heteroatoms. The molecule has 0 unspecified atom stereocenters. The second kappa shape index (κ2) is 15.4. The minimum atomic E-state index is -0.877. The van der Waals surface area contributed by atoms with Gasteiger partial charge in [0, 0.05) is 5.56 Å². The van der Waals surface area contributed by atoms with Gasteiger partial charge in [-0.15, -0.1) is 10.2 Å². The first kappa shape index (κ1) is 34.3. The van der Waals surface area contributed by atoms with Crippen LogP contribution in [0.3, 0.4) is 0 Å². The lowest BCUT2D eigenvalue weighted by Gasteiger charge is -2.36. The highest BCUT2D eigenvalue weighted by Crippen LogP contribution is 2.43. The van der Waals surface area contributed by atoms with E-state index in [2.05, 4.69) is 115 Å². The quantitative estimate of drug-likeness (QED) is 0.0905. The van der Waals surface area contributed by atoms with E-state index in [1.807, 2.05) is 83.5 Å². The van der Waals surface area contributed by atoms with Crippen molar-refractivity contribution in [2.75, 3.05) is 6.61 Å². The number of rotatable bonds is 12. The Hall–Kier alpha value is -5.19. The molecule has 5 aromatic carbocycles. The molecule has 2 heterocycles. The van der Waals surface area contributed by atoms with E-state index < -0.39 is 5.54 Å². The van der Waals surface area contributed by atoms with E-state index in [0.29, 0.717) is 27.3 Å². The van der Waals surface area contributed by atoms with Gasteiger partial charge in [-0.3, -0.25) is 4.79 Å². The van der Waals surface area contributed by atoms with Crippen LogP contribution in [0.25, 0.3) is 22.5 Å². The number of benzene rings is 5. The van der Waals surface area contributed by atoms with Gasteiger partial charge >= 0.3 is 0 Å². The Labute approximate surface area is 313 Å². The maximum atomic E-state index is 13.1. The summed E-state index contributed by atoms with van der Waals surface area (Å²) in [5.74, 6) is 1.01. The molecule has 7 rings (SSSR count). The number of tetrazole rings is 1. The SMILES string of the molecule is CCCCOc1nn(Cc2ccc(-c3ccccc3-c3nnnn3C(c3ccccc3)(c3ccccc3)c3ccccc3)cc2)c(=O)c(Br)c1Br. The number of aromatic nitrogens is 6. The lowest BCUT2D eigenvalue weighted by atomic mass is 9.77. The monoisotopic (exact) mass is 800 g/mol. The van der Waals surface area contributed by atoms with Crippen LogP contribution >= 0.6 is 31.9 Å². The van der Waals surface area contributed by atoms with Crippen LogP contribution in [0.4, 0.5) is 0 Å². The summed E-state index contributed by atoms with van der Waals surface area (Å²) in [5, 5.41) is 18.2. The summed E-state index contributed by atoms with van der Waals surface area (Å²) < 4.78 is 10.1. The number of unbranched alkanes of at least 4 members (excludes halogenated alkanes) is 1. The second-order valence-corrected chi connectivity index (χ2v) is 13.6. The summed E-state index contributed by atoms with van der Waals surface area (Å²) in [4.78, 5) is 13.1. The van der Waals surface area contributed by atoms with Crippen molar-refractivity contribution in [1.29, 1.82) is 0 Å². The van der Waals surface area contributed by atoms with Crippen molar-refractivity contribution < 1.29 is 4.74 Å². The van der Waals surface area contributed by atoms with E-state index in [9.17, 15) is 4.79 Å². The van der Waals surface area contributed by atoms with E-state index in [-0.39, 0.29) is 12.1 Å². The summed E-state index contributed by atoms with van der Waals surface area (Å²) in [6.45, 7) is 2.90. The molecule has 7 aromatic rings. The molecule has 0 aliphatic heterocycles. The molecule has 0 fully saturated rings. The van der Waals surface area contributed by atoms with Crippen LogP contribution in [-0.4, -0.2) is 36.6 Å². The van der Waals surface area contributed by atoms with E-state index in [1.165, 1.54) is 4.68 Å². The molecule has 0 saturated heterocycles. The van der Waals surface area contributed by atoms with Crippen LogP contribution in [0.5, 0.6) is 5.88 Å². The molecule has 0 N–H and O–H groups in total. The standard InChI is InChI=1S/C41H34Br2N6O2/c1-2-3-27-51-39-36(42)37(43)40(50)48(45-39)28-29-23-25-30(26-24-29)34-21-13-14-22-35(34)38-44-46-47-49(38)41(31-15-7-4-8-16-31,32-17-9-5-10-18-32)33-19-11-6-12-20-33/h4-26H,2-3,27-28H2,1H3. The molecule has 51 heavy (non-hydrogen) atoms. The second-order valence-electron chi connectivity index (χ2n) is 12.1. The topological polar surface area (TPSA) is 87.7 Å². The van der Waals surface area contributed by atoms with Crippen molar-refractivity contribution >= 4 is 31.9 Å². The van der Waals surface area contributed by atoms with Crippen LogP contribution < -0.4 is 10.3 Å². The minimum absolute atomic E-state index is 0.246. The number of halogens is 2. The first-order chi connectivity index (χ1) is 25.0. The fraction of sp³-hybridized carbons (Fsp3) is 0.146. The molecule has 0 saturated carbocycles. The van der Waals surface area contributed by atoms with Gasteiger partial charge in [0.05, 0.1) is 13.2 Å². The van der Waals surface area contributed by atoms with E-state index in [1.54, 1.807) is 0 Å². The highest BCUT2D eigenvalue weighted by atomic mass is 79.9. The summed E-state index contributed by atoms with van der Waals surface area (Å²) >= 11 is 6.87. The van der Waals surface area contributed by atoms with E-state index >= 15 is 0 Å². The summed E-state index contributed by atoms with van der Waals surface area (Å²) in [6.07, 6.45) is 1.89. The summed E-state index contributed by atoms with van der Waals surface area (Å²) in [6, 6.07) is 47.4. The van der Waals surface area contributed by atoms with Crippen molar-refractivity contribution in [3.05, 3.63) is 181 Å². The zero-order chi connectivity index (χ0) is 35.2. The van der Waals surface area contributed by atoms with Gasteiger partial charge < -0.3 is 4.74 Å². The lowest BCUT2D eigenvalue weighted by Crippen LogP contribution is -2.39. The molecular weight excluding hydrogens is 768 g/mol. The van der Waals surface area contributed by atoms with Crippen molar-refractivity contribution in [2.24, 2.45) is 0 Å². The maximum Gasteiger partial charge on any atom is 0.282 e. The predicted octanol–water partition coefficient (Wildman–Crippen LogP) is 9.16. The molecule has 0 amide bonds. The zero-order valence-corrected chi connectivity index (χ0v) is 31.0. The van der Waals surface area contributed by atoms with Gasteiger partial charge in [-0.1, -0.05) is 153 Å². The number of ether oxygens (including phenoxy) is 1. The summed E-state index contributed by atoms with van der Waals surface area (Å²) in [5.41, 5.74) is 5.71. The van der Waals surface area contributed by atoms with Crippen LogP contribution in [-0.2, 0) is 12.1 Å². The van der Waals surface area contributed by atoms with Crippen molar-refractivity contribution in [2.45, 2.75) is 31.8 Å². The molecule has 0 spiro atoms. The Bertz CT molecular complexity index is 2200. The first-order valence-electron chi connectivity index (χ1n) is 16.8. The fourth-order valence-electron chi connectivity index (χ4n) is 6.39. The molecule has 2 aromatic heterocycles. The molecule has 0 bridgehead atoms. The Balaban J connectivity index is 1.31. The van der Waals surface area contributed by atoms with Crippen LogP contribution in [0.2, 0.25) is 0 Å². The third-order valence-electron chi connectivity index (χ3n) is 8.88. The Kier molecular flexibility index (Phi) is 10.3.